The molecule has 0 atom stereocenters. The summed E-state index contributed by atoms with van der Waals surface area (Å²) >= 11 is 3.32. The first kappa shape index (κ1) is 15.1. The van der Waals surface area contributed by atoms with Crippen molar-refractivity contribution in [1.29, 1.82) is 0 Å². The first-order valence-corrected chi connectivity index (χ1v) is 6.87. The molecule has 1 aromatic carbocycles. The van der Waals surface area contributed by atoms with Crippen molar-refractivity contribution >= 4 is 33.4 Å². The number of benzene rings is 1. The van der Waals surface area contributed by atoms with E-state index in [0.717, 1.165) is 4.47 Å². The van der Waals surface area contributed by atoms with Gasteiger partial charge in [0.2, 0.25) is 0 Å². The smallest absolute Gasteiger partial charge is 0.259 e. The number of halogens is 1. The van der Waals surface area contributed by atoms with Crippen molar-refractivity contribution in [3.05, 3.63) is 51.4 Å². The molecule has 0 saturated carbocycles. The van der Waals surface area contributed by atoms with Crippen LogP contribution in [-0.4, -0.2) is 17.0 Å². The van der Waals surface area contributed by atoms with Crippen LogP contribution in [-0.2, 0) is 0 Å². The molecule has 7 heteroatoms. The van der Waals surface area contributed by atoms with Crippen molar-refractivity contribution in [3.8, 4) is 0 Å². The Morgan fingerprint density at radius 3 is 2.62 bits per heavy atom. The number of amidine groups is 1. The van der Waals surface area contributed by atoms with Crippen LogP contribution in [0.1, 0.15) is 27.4 Å². The van der Waals surface area contributed by atoms with Crippen LogP contribution in [0.15, 0.2) is 38.3 Å². The van der Waals surface area contributed by atoms with E-state index in [1.807, 2.05) is 0 Å². The van der Waals surface area contributed by atoms with Gasteiger partial charge in [-0.15, -0.1) is 0 Å². The zero-order valence-corrected chi connectivity index (χ0v) is 13.1. The topological polar surface area (TPSA) is 101 Å². The van der Waals surface area contributed by atoms with Gasteiger partial charge in [0.05, 0.1) is 11.3 Å². The molecule has 0 unspecified atom stereocenters. The number of oxime groups is 1. The summed E-state index contributed by atoms with van der Waals surface area (Å²) in [5, 5.41) is 14.5. The predicted molar refractivity (Wildman–Crippen MR) is 82.8 cm³/mol. The summed E-state index contributed by atoms with van der Waals surface area (Å²) in [6.45, 7) is 3.48. The molecule has 0 fully saturated rings. The number of rotatable bonds is 3. The molecule has 110 valence electrons. The largest absolute Gasteiger partial charge is 0.466 e. The highest BCUT2D eigenvalue weighted by Gasteiger charge is 2.16. The number of amides is 1. The lowest BCUT2D eigenvalue weighted by Gasteiger charge is -2.10. The Morgan fingerprint density at radius 2 is 2.05 bits per heavy atom. The van der Waals surface area contributed by atoms with Crippen LogP contribution in [0.5, 0.6) is 0 Å². The van der Waals surface area contributed by atoms with Crippen molar-refractivity contribution < 1.29 is 14.4 Å². The van der Waals surface area contributed by atoms with Gasteiger partial charge in [0.25, 0.3) is 5.91 Å². The second kappa shape index (κ2) is 6.01. The van der Waals surface area contributed by atoms with Gasteiger partial charge in [-0.05, 0) is 38.1 Å². The van der Waals surface area contributed by atoms with Crippen LogP contribution in [0.3, 0.4) is 0 Å². The van der Waals surface area contributed by atoms with Gasteiger partial charge < -0.3 is 20.7 Å². The van der Waals surface area contributed by atoms with Crippen LogP contribution in [0.4, 0.5) is 5.69 Å². The molecule has 0 radical (unpaired) electrons. The quantitative estimate of drug-likeness (QED) is 0.342. The minimum atomic E-state index is -0.325. The maximum absolute atomic E-state index is 12.3. The number of hydrogen-bond acceptors (Lipinski definition) is 4. The Labute approximate surface area is 129 Å². The Bertz CT molecular complexity index is 722. The second-order valence-electron chi connectivity index (χ2n) is 4.46. The molecule has 0 aliphatic heterocycles. The van der Waals surface area contributed by atoms with E-state index in [4.69, 9.17) is 15.4 Å². The number of carbonyl (C=O) groups excluding carboxylic acids is 1. The van der Waals surface area contributed by atoms with Gasteiger partial charge in [-0.25, -0.2) is 0 Å². The van der Waals surface area contributed by atoms with Gasteiger partial charge >= 0.3 is 0 Å². The number of nitrogens with zero attached hydrogens (tertiary/aromatic N) is 1. The summed E-state index contributed by atoms with van der Waals surface area (Å²) in [4.78, 5) is 12.3. The fraction of sp³-hybridized carbons (Fsp3) is 0.143. The lowest BCUT2D eigenvalue weighted by molar-refractivity contribution is 0.102. The molecule has 1 amide bonds. The number of carbonyl (C=O) groups is 1. The Hall–Kier alpha value is -2.28. The molecular formula is C14H14BrN3O3. The molecule has 0 bridgehead atoms. The third-order valence-electron chi connectivity index (χ3n) is 2.90. The predicted octanol–water partition coefficient (Wildman–Crippen LogP) is 3.01. The minimum absolute atomic E-state index is 0.0853. The van der Waals surface area contributed by atoms with Gasteiger partial charge in [-0.1, -0.05) is 21.1 Å². The van der Waals surface area contributed by atoms with E-state index in [0.29, 0.717) is 28.3 Å². The first-order chi connectivity index (χ1) is 9.92. The summed E-state index contributed by atoms with van der Waals surface area (Å²) in [5.41, 5.74) is 6.91. The summed E-state index contributed by atoms with van der Waals surface area (Å²) in [7, 11) is 0. The van der Waals surface area contributed by atoms with Crippen LogP contribution in [0, 0.1) is 13.8 Å². The van der Waals surface area contributed by atoms with Crippen LogP contribution in [0.25, 0.3) is 0 Å². The fourth-order valence-electron chi connectivity index (χ4n) is 1.94. The number of aryl methyl sites for hydroxylation is 2. The highest BCUT2D eigenvalue weighted by atomic mass is 79.9. The van der Waals surface area contributed by atoms with E-state index in [-0.39, 0.29) is 11.7 Å². The molecule has 0 saturated heterocycles. The maximum atomic E-state index is 12.3. The van der Waals surface area contributed by atoms with E-state index in [1.54, 1.807) is 38.1 Å². The molecular weight excluding hydrogens is 338 g/mol. The third-order valence-corrected chi connectivity index (χ3v) is 3.39. The Balaban J connectivity index is 2.37. The van der Waals surface area contributed by atoms with Crippen LogP contribution >= 0.6 is 15.9 Å². The zero-order valence-electron chi connectivity index (χ0n) is 11.5. The van der Waals surface area contributed by atoms with Crippen molar-refractivity contribution in [1.82, 2.24) is 0 Å². The summed E-state index contributed by atoms with van der Waals surface area (Å²) in [5.74, 6) is 0.779. The monoisotopic (exact) mass is 351 g/mol. The van der Waals surface area contributed by atoms with E-state index in [9.17, 15) is 4.79 Å². The van der Waals surface area contributed by atoms with Gasteiger partial charge in [-0.3, -0.25) is 4.79 Å². The molecule has 4 N–H and O–H groups in total. The van der Waals surface area contributed by atoms with Crippen molar-refractivity contribution in [2.45, 2.75) is 13.8 Å². The molecule has 1 heterocycles. The van der Waals surface area contributed by atoms with E-state index < -0.39 is 0 Å². The summed E-state index contributed by atoms with van der Waals surface area (Å²) in [6, 6.07) is 6.71. The lowest BCUT2D eigenvalue weighted by Crippen LogP contribution is -2.19. The van der Waals surface area contributed by atoms with Crippen LogP contribution < -0.4 is 11.1 Å². The van der Waals surface area contributed by atoms with E-state index in [2.05, 4.69) is 26.4 Å². The summed E-state index contributed by atoms with van der Waals surface area (Å²) < 4.78 is 6.09. The van der Waals surface area contributed by atoms with Gasteiger partial charge in [0.1, 0.15) is 11.5 Å². The van der Waals surface area contributed by atoms with Crippen molar-refractivity contribution in [2.75, 3.05) is 5.32 Å². The molecule has 2 rings (SSSR count). The molecule has 21 heavy (non-hydrogen) atoms. The van der Waals surface area contributed by atoms with Gasteiger partial charge in [0, 0.05) is 10.0 Å². The lowest BCUT2D eigenvalue weighted by atomic mass is 10.1. The van der Waals surface area contributed by atoms with Crippen molar-refractivity contribution in [2.24, 2.45) is 10.9 Å². The van der Waals surface area contributed by atoms with E-state index in [1.165, 1.54) is 0 Å². The van der Waals surface area contributed by atoms with E-state index >= 15 is 0 Å². The first-order valence-electron chi connectivity index (χ1n) is 6.08. The third kappa shape index (κ3) is 3.25. The highest BCUT2D eigenvalue weighted by molar-refractivity contribution is 9.10. The average molecular weight is 352 g/mol. The summed E-state index contributed by atoms with van der Waals surface area (Å²) in [6.07, 6.45) is 0. The maximum Gasteiger partial charge on any atom is 0.259 e. The van der Waals surface area contributed by atoms with Crippen LogP contribution in [0.2, 0.25) is 0 Å². The molecule has 2 aromatic rings. The van der Waals surface area contributed by atoms with Crippen molar-refractivity contribution in [3.63, 3.8) is 0 Å². The standard InChI is InChI=1S/C14H14BrN3O3/c1-7-5-11(8(2)21-7)14(19)17-12-6-9(15)3-4-10(12)13(16)18-20/h3-6,20H,1-2H3,(H2,16,18)(H,17,19). The Kier molecular flexibility index (Phi) is 4.32. The SMILES string of the molecule is Cc1cc(C(=O)Nc2cc(Br)ccc2/C(N)=N/O)c(C)o1. The van der Waals surface area contributed by atoms with Gasteiger partial charge in [0.15, 0.2) is 5.84 Å². The number of anilines is 1. The molecule has 0 aliphatic rings. The minimum Gasteiger partial charge on any atom is -0.466 e. The molecule has 1 aromatic heterocycles. The van der Waals surface area contributed by atoms with Gasteiger partial charge in [-0.2, -0.15) is 0 Å². The number of nitrogens with two attached hydrogens (primary N) is 1. The molecule has 0 spiro atoms. The highest BCUT2D eigenvalue weighted by Crippen LogP contribution is 2.23. The average Bonchev–Trinajstić information content (AvgIpc) is 2.77. The Morgan fingerprint density at radius 1 is 1.33 bits per heavy atom. The number of hydrogen-bond donors (Lipinski definition) is 3. The molecule has 6 nitrogen and oxygen atoms in total. The normalized spacial score (nSPS) is 11.5. The molecule has 0 aliphatic carbocycles. The second-order valence-corrected chi connectivity index (χ2v) is 5.37. The number of nitrogens with one attached hydrogen (secondary N) is 1. The zero-order chi connectivity index (χ0) is 15.6. The fourth-order valence-corrected chi connectivity index (χ4v) is 2.30. The number of furan rings is 1.